The zero-order valence-corrected chi connectivity index (χ0v) is 10.9. The predicted octanol–water partition coefficient (Wildman–Crippen LogP) is 4.29. The summed E-state index contributed by atoms with van der Waals surface area (Å²) in [5.74, 6) is 0.827. The predicted molar refractivity (Wildman–Crippen MR) is 68.4 cm³/mol. The van der Waals surface area contributed by atoms with E-state index in [-0.39, 0.29) is 6.10 Å². The Morgan fingerprint density at radius 3 is 2.25 bits per heavy atom. The summed E-state index contributed by atoms with van der Waals surface area (Å²) < 4.78 is 0. The lowest BCUT2D eigenvalue weighted by molar-refractivity contribution is 0.00307. The monoisotopic (exact) mass is 224 g/mol. The van der Waals surface area contributed by atoms with Crippen molar-refractivity contribution in [2.24, 2.45) is 11.3 Å². The van der Waals surface area contributed by atoms with Gasteiger partial charge in [0.15, 0.2) is 0 Å². The van der Waals surface area contributed by atoms with E-state index in [1.54, 1.807) is 0 Å². The van der Waals surface area contributed by atoms with Crippen LogP contribution in [-0.4, -0.2) is 11.2 Å². The van der Waals surface area contributed by atoms with Crippen LogP contribution in [-0.2, 0) is 0 Å². The van der Waals surface area contributed by atoms with Gasteiger partial charge in [-0.15, -0.1) is 0 Å². The van der Waals surface area contributed by atoms with Crippen LogP contribution in [0.3, 0.4) is 0 Å². The van der Waals surface area contributed by atoms with Crippen molar-refractivity contribution in [3.63, 3.8) is 0 Å². The van der Waals surface area contributed by atoms with E-state index in [0.29, 0.717) is 5.41 Å². The standard InChI is InChI=1S/C15H28O/c1-2-15(10-6-7-11-15)14(16)12-13-8-4-3-5-9-13/h13-14,16H,2-12H2,1H3. The van der Waals surface area contributed by atoms with Gasteiger partial charge in [-0.25, -0.2) is 0 Å². The van der Waals surface area contributed by atoms with E-state index in [0.717, 1.165) is 12.3 Å². The number of rotatable bonds is 4. The highest BCUT2D eigenvalue weighted by Gasteiger charge is 2.39. The van der Waals surface area contributed by atoms with Gasteiger partial charge in [0.05, 0.1) is 6.10 Å². The lowest BCUT2D eigenvalue weighted by Crippen LogP contribution is -2.34. The van der Waals surface area contributed by atoms with Gasteiger partial charge in [0.1, 0.15) is 0 Å². The van der Waals surface area contributed by atoms with Crippen LogP contribution < -0.4 is 0 Å². The summed E-state index contributed by atoms with van der Waals surface area (Å²) in [6.07, 6.45) is 14.5. The summed E-state index contributed by atoms with van der Waals surface area (Å²) in [4.78, 5) is 0. The van der Waals surface area contributed by atoms with E-state index in [1.807, 2.05) is 0 Å². The van der Waals surface area contributed by atoms with Gasteiger partial charge >= 0.3 is 0 Å². The second-order valence-corrected chi connectivity index (χ2v) is 6.18. The normalized spacial score (nSPS) is 28.1. The molecule has 1 atom stereocenters. The molecule has 0 heterocycles. The Morgan fingerprint density at radius 2 is 1.69 bits per heavy atom. The Kier molecular flexibility index (Phi) is 4.29. The third-order valence-electron chi connectivity index (χ3n) is 5.29. The molecule has 0 amide bonds. The molecule has 1 unspecified atom stereocenters. The molecule has 2 rings (SSSR count). The molecule has 0 bridgehead atoms. The van der Waals surface area contributed by atoms with Gasteiger partial charge < -0.3 is 5.11 Å². The topological polar surface area (TPSA) is 20.2 Å². The zero-order chi connectivity index (χ0) is 11.4. The Bertz CT molecular complexity index is 199. The maximum atomic E-state index is 10.6. The second kappa shape index (κ2) is 5.53. The Morgan fingerprint density at radius 1 is 1.06 bits per heavy atom. The first-order valence-corrected chi connectivity index (χ1v) is 7.45. The maximum absolute atomic E-state index is 10.6. The fraction of sp³-hybridized carbons (Fsp3) is 1.00. The average molecular weight is 224 g/mol. The molecule has 0 aromatic rings. The summed E-state index contributed by atoms with van der Waals surface area (Å²) in [5.41, 5.74) is 0.303. The lowest BCUT2D eigenvalue weighted by atomic mass is 9.73. The van der Waals surface area contributed by atoms with Crippen molar-refractivity contribution >= 4 is 0 Å². The van der Waals surface area contributed by atoms with Crippen LogP contribution >= 0.6 is 0 Å². The number of aliphatic hydroxyl groups excluding tert-OH is 1. The van der Waals surface area contributed by atoms with Crippen molar-refractivity contribution in [1.82, 2.24) is 0 Å². The van der Waals surface area contributed by atoms with E-state index < -0.39 is 0 Å². The van der Waals surface area contributed by atoms with E-state index in [2.05, 4.69) is 6.92 Å². The molecule has 0 aromatic heterocycles. The van der Waals surface area contributed by atoms with Crippen LogP contribution in [0.25, 0.3) is 0 Å². The van der Waals surface area contributed by atoms with Gasteiger partial charge in [0.2, 0.25) is 0 Å². The Labute approximate surface area is 101 Å². The van der Waals surface area contributed by atoms with Crippen molar-refractivity contribution in [3.05, 3.63) is 0 Å². The first-order chi connectivity index (χ1) is 7.77. The van der Waals surface area contributed by atoms with Crippen LogP contribution in [0.2, 0.25) is 0 Å². The Hall–Kier alpha value is -0.0400. The molecule has 0 radical (unpaired) electrons. The summed E-state index contributed by atoms with van der Waals surface area (Å²) in [6, 6.07) is 0. The van der Waals surface area contributed by atoms with Crippen LogP contribution in [0.15, 0.2) is 0 Å². The van der Waals surface area contributed by atoms with Crippen molar-refractivity contribution in [3.8, 4) is 0 Å². The molecule has 1 N–H and O–H groups in total. The highest BCUT2D eigenvalue weighted by atomic mass is 16.3. The molecular formula is C15H28O. The molecule has 1 nitrogen and oxygen atoms in total. The third kappa shape index (κ3) is 2.61. The first-order valence-electron chi connectivity index (χ1n) is 7.45. The molecule has 0 saturated heterocycles. The minimum atomic E-state index is -0.0110. The molecule has 2 saturated carbocycles. The van der Waals surface area contributed by atoms with Crippen LogP contribution in [0.1, 0.15) is 77.6 Å². The van der Waals surface area contributed by atoms with Gasteiger partial charge in [0.25, 0.3) is 0 Å². The van der Waals surface area contributed by atoms with E-state index in [1.165, 1.54) is 64.2 Å². The minimum Gasteiger partial charge on any atom is -0.393 e. The molecule has 2 aliphatic rings. The number of hydrogen-bond acceptors (Lipinski definition) is 1. The van der Waals surface area contributed by atoms with Crippen molar-refractivity contribution in [1.29, 1.82) is 0 Å². The lowest BCUT2D eigenvalue weighted by Gasteiger charge is -2.36. The zero-order valence-electron chi connectivity index (χ0n) is 10.9. The SMILES string of the molecule is CCC1(C(O)CC2CCCCC2)CCCC1. The van der Waals surface area contributed by atoms with Crippen LogP contribution in [0.4, 0.5) is 0 Å². The summed E-state index contributed by atoms with van der Waals surface area (Å²) in [7, 11) is 0. The molecule has 2 aliphatic carbocycles. The molecule has 1 heteroatoms. The highest BCUT2D eigenvalue weighted by molar-refractivity contribution is 4.90. The van der Waals surface area contributed by atoms with Gasteiger partial charge in [-0.2, -0.15) is 0 Å². The molecular weight excluding hydrogens is 196 g/mol. The Balaban J connectivity index is 1.87. The molecule has 16 heavy (non-hydrogen) atoms. The third-order valence-corrected chi connectivity index (χ3v) is 5.29. The van der Waals surface area contributed by atoms with Gasteiger partial charge in [-0.05, 0) is 37.0 Å². The maximum Gasteiger partial charge on any atom is 0.0599 e. The summed E-state index contributed by atoms with van der Waals surface area (Å²) >= 11 is 0. The van der Waals surface area contributed by atoms with Gasteiger partial charge in [-0.1, -0.05) is 51.9 Å². The fourth-order valence-corrected chi connectivity index (χ4v) is 3.99. The number of aliphatic hydroxyl groups is 1. The van der Waals surface area contributed by atoms with Crippen molar-refractivity contribution in [2.45, 2.75) is 83.7 Å². The van der Waals surface area contributed by atoms with Crippen molar-refractivity contribution in [2.75, 3.05) is 0 Å². The molecule has 0 spiro atoms. The highest BCUT2D eigenvalue weighted by Crippen LogP contribution is 2.46. The smallest absolute Gasteiger partial charge is 0.0599 e. The number of hydrogen-bond donors (Lipinski definition) is 1. The first kappa shape index (κ1) is 12.4. The quantitative estimate of drug-likeness (QED) is 0.755. The van der Waals surface area contributed by atoms with Crippen molar-refractivity contribution < 1.29 is 5.11 Å². The molecule has 0 aromatic carbocycles. The second-order valence-electron chi connectivity index (χ2n) is 6.18. The van der Waals surface area contributed by atoms with Crippen LogP contribution in [0, 0.1) is 11.3 Å². The van der Waals surface area contributed by atoms with E-state index >= 15 is 0 Å². The fourth-order valence-electron chi connectivity index (χ4n) is 3.99. The van der Waals surface area contributed by atoms with Crippen LogP contribution in [0.5, 0.6) is 0 Å². The van der Waals surface area contributed by atoms with E-state index in [9.17, 15) is 5.11 Å². The minimum absolute atomic E-state index is 0.0110. The molecule has 94 valence electrons. The largest absolute Gasteiger partial charge is 0.393 e. The summed E-state index contributed by atoms with van der Waals surface area (Å²) in [5, 5.41) is 10.6. The van der Waals surface area contributed by atoms with E-state index in [4.69, 9.17) is 0 Å². The average Bonchev–Trinajstić information content (AvgIpc) is 2.80. The molecule has 2 fully saturated rings. The summed E-state index contributed by atoms with van der Waals surface area (Å²) in [6.45, 7) is 2.27. The van der Waals surface area contributed by atoms with Gasteiger partial charge in [-0.3, -0.25) is 0 Å². The van der Waals surface area contributed by atoms with Gasteiger partial charge in [0, 0.05) is 0 Å². The molecule has 0 aliphatic heterocycles.